The quantitative estimate of drug-likeness (QED) is 0.539. The van der Waals surface area contributed by atoms with Crippen molar-refractivity contribution in [1.29, 1.82) is 0 Å². The molecular weight excluding hydrogens is 204 g/mol. The van der Waals surface area contributed by atoms with E-state index in [1.165, 1.54) is 50.7 Å². The number of hydrogen-bond donors (Lipinski definition) is 0. The van der Waals surface area contributed by atoms with Crippen molar-refractivity contribution in [3.05, 3.63) is 52.7 Å². The fraction of sp³-hybridized carbons (Fsp3) is 0.176. The summed E-state index contributed by atoms with van der Waals surface area (Å²) in [5, 5.41) is 7.18. The molecule has 0 N–H and O–H groups in total. The fourth-order valence-corrected chi connectivity index (χ4v) is 3.16. The summed E-state index contributed by atoms with van der Waals surface area (Å²) in [5.74, 6) is 0. The Kier molecular flexibility index (Phi) is 1.69. The first-order valence-electron chi connectivity index (χ1n) is 6.28. The first-order valence-corrected chi connectivity index (χ1v) is 6.28. The van der Waals surface area contributed by atoms with Crippen LogP contribution in [0, 0.1) is 6.92 Å². The van der Waals surface area contributed by atoms with Crippen LogP contribution in [0.4, 0.5) is 0 Å². The SMILES string of the molecule is Cc1ccc2ccc3c4c(ccc1c24)CCC=3. The summed E-state index contributed by atoms with van der Waals surface area (Å²) >= 11 is 0. The molecule has 3 aromatic carbocycles. The van der Waals surface area contributed by atoms with E-state index in [1.807, 2.05) is 0 Å². The van der Waals surface area contributed by atoms with Crippen LogP contribution in [0.3, 0.4) is 0 Å². The molecule has 17 heavy (non-hydrogen) atoms. The summed E-state index contributed by atoms with van der Waals surface area (Å²) in [7, 11) is 0. The van der Waals surface area contributed by atoms with Crippen LogP contribution in [0.15, 0.2) is 36.4 Å². The Bertz CT molecular complexity index is 794. The monoisotopic (exact) mass is 218 g/mol. The highest BCUT2D eigenvalue weighted by Gasteiger charge is 2.11. The first kappa shape index (κ1) is 9.23. The zero-order valence-corrected chi connectivity index (χ0v) is 9.96. The van der Waals surface area contributed by atoms with E-state index in [-0.39, 0.29) is 0 Å². The molecule has 0 bridgehead atoms. The molecule has 0 heteroatoms. The van der Waals surface area contributed by atoms with Crippen molar-refractivity contribution in [2.75, 3.05) is 0 Å². The highest BCUT2D eigenvalue weighted by Crippen LogP contribution is 2.31. The largest absolute Gasteiger partial charge is 0.0763 e. The van der Waals surface area contributed by atoms with Crippen molar-refractivity contribution in [1.82, 2.24) is 0 Å². The zero-order chi connectivity index (χ0) is 11.4. The van der Waals surface area contributed by atoms with Gasteiger partial charge in [0.2, 0.25) is 0 Å². The van der Waals surface area contributed by atoms with Gasteiger partial charge in [-0.2, -0.15) is 0 Å². The van der Waals surface area contributed by atoms with Gasteiger partial charge in [-0.1, -0.05) is 42.5 Å². The first-order chi connectivity index (χ1) is 8.34. The molecule has 1 aliphatic carbocycles. The molecule has 0 unspecified atom stereocenters. The van der Waals surface area contributed by atoms with E-state index in [1.54, 1.807) is 0 Å². The van der Waals surface area contributed by atoms with Crippen LogP contribution in [0.5, 0.6) is 0 Å². The fourth-order valence-electron chi connectivity index (χ4n) is 3.16. The Morgan fingerprint density at radius 3 is 2.71 bits per heavy atom. The topological polar surface area (TPSA) is 0 Å². The highest BCUT2D eigenvalue weighted by molar-refractivity contribution is 6.12. The minimum absolute atomic E-state index is 1.18. The maximum absolute atomic E-state index is 2.38. The molecule has 0 nitrogen and oxygen atoms in total. The Balaban J connectivity index is 2.43. The number of hydrogen-bond acceptors (Lipinski definition) is 0. The van der Waals surface area contributed by atoms with Crippen LogP contribution >= 0.6 is 0 Å². The lowest BCUT2D eigenvalue weighted by Crippen LogP contribution is -2.09. The van der Waals surface area contributed by atoms with E-state index < -0.39 is 0 Å². The molecule has 0 atom stereocenters. The van der Waals surface area contributed by atoms with E-state index in [0.29, 0.717) is 0 Å². The third kappa shape index (κ3) is 1.13. The van der Waals surface area contributed by atoms with Gasteiger partial charge >= 0.3 is 0 Å². The number of aryl methyl sites for hydroxylation is 2. The van der Waals surface area contributed by atoms with Crippen molar-refractivity contribution >= 4 is 27.6 Å². The Morgan fingerprint density at radius 2 is 1.76 bits per heavy atom. The summed E-state index contributed by atoms with van der Waals surface area (Å²) in [6, 6.07) is 13.6. The second kappa shape index (κ2) is 3.10. The highest BCUT2D eigenvalue weighted by atomic mass is 14.1. The Hall–Kier alpha value is -1.82. The lowest BCUT2D eigenvalue weighted by Gasteiger charge is -2.15. The van der Waals surface area contributed by atoms with Gasteiger partial charge in [-0.25, -0.2) is 0 Å². The Labute approximate surface area is 101 Å². The van der Waals surface area contributed by atoms with Crippen molar-refractivity contribution in [3.63, 3.8) is 0 Å². The summed E-state index contributed by atoms with van der Waals surface area (Å²) in [6.45, 7) is 2.20. The lowest BCUT2D eigenvalue weighted by atomic mass is 9.89. The van der Waals surface area contributed by atoms with E-state index in [9.17, 15) is 0 Å². The maximum atomic E-state index is 2.38. The van der Waals surface area contributed by atoms with Gasteiger partial charge in [0.15, 0.2) is 0 Å². The molecule has 0 spiro atoms. The van der Waals surface area contributed by atoms with Crippen LogP contribution < -0.4 is 5.22 Å². The van der Waals surface area contributed by atoms with Crippen LogP contribution in [0.1, 0.15) is 17.5 Å². The predicted molar refractivity (Wildman–Crippen MR) is 74.2 cm³/mol. The van der Waals surface area contributed by atoms with Crippen LogP contribution in [0.2, 0.25) is 0 Å². The van der Waals surface area contributed by atoms with Crippen LogP contribution in [0.25, 0.3) is 27.6 Å². The molecule has 0 aliphatic heterocycles. The molecule has 0 aromatic heterocycles. The van der Waals surface area contributed by atoms with Gasteiger partial charge < -0.3 is 0 Å². The molecular formula is C17H14. The van der Waals surface area contributed by atoms with Crippen molar-refractivity contribution in [2.45, 2.75) is 19.8 Å². The second-order valence-corrected chi connectivity index (χ2v) is 5.03. The van der Waals surface area contributed by atoms with E-state index in [0.717, 1.165) is 0 Å². The standard InChI is InChI=1S/C17H14/c1-11-5-6-14-8-7-12-3-2-4-13-9-10-15(11)17(14)16(12)13/h3,5-10H,2,4H2,1H3. The van der Waals surface area contributed by atoms with Crippen LogP contribution in [-0.4, -0.2) is 0 Å². The van der Waals surface area contributed by atoms with Gasteiger partial charge in [-0.15, -0.1) is 0 Å². The van der Waals surface area contributed by atoms with E-state index in [2.05, 4.69) is 49.4 Å². The zero-order valence-electron chi connectivity index (χ0n) is 9.96. The molecule has 4 rings (SSSR count). The smallest absolute Gasteiger partial charge is 0.00275 e. The average Bonchev–Trinajstić information content (AvgIpc) is 2.38. The van der Waals surface area contributed by atoms with Crippen molar-refractivity contribution in [3.8, 4) is 0 Å². The minimum Gasteiger partial charge on any atom is -0.0763 e. The molecule has 0 heterocycles. The normalized spacial score (nSPS) is 14.2. The molecule has 0 saturated carbocycles. The van der Waals surface area contributed by atoms with Gasteiger partial charge in [-0.3, -0.25) is 0 Å². The number of benzene rings is 3. The summed E-state index contributed by atoms with van der Waals surface area (Å²) < 4.78 is 0. The number of rotatable bonds is 0. The van der Waals surface area contributed by atoms with E-state index >= 15 is 0 Å². The van der Waals surface area contributed by atoms with Gasteiger partial charge in [0, 0.05) is 0 Å². The summed E-state index contributed by atoms with van der Waals surface area (Å²) in [6.07, 6.45) is 4.75. The van der Waals surface area contributed by atoms with E-state index in [4.69, 9.17) is 0 Å². The minimum atomic E-state index is 1.18. The van der Waals surface area contributed by atoms with Crippen molar-refractivity contribution < 1.29 is 0 Å². The third-order valence-corrected chi connectivity index (χ3v) is 4.03. The molecule has 0 radical (unpaired) electrons. The molecule has 0 amide bonds. The molecule has 0 fully saturated rings. The summed E-state index contributed by atoms with van der Waals surface area (Å²) in [5.41, 5.74) is 2.90. The molecule has 82 valence electrons. The van der Waals surface area contributed by atoms with Gasteiger partial charge in [-0.05, 0) is 57.7 Å². The molecule has 3 aromatic rings. The Morgan fingerprint density at radius 1 is 0.882 bits per heavy atom. The van der Waals surface area contributed by atoms with Gasteiger partial charge in [0.05, 0.1) is 0 Å². The molecule has 1 aliphatic rings. The lowest BCUT2D eigenvalue weighted by molar-refractivity contribution is 1.04. The van der Waals surface area contributed by atoms with Gasteiger partial charge in [0.1, 0.15) is 0 Å². The third-order valence-electron chi connectivity index (χ3n) is 4.03. The average molecular weight is 218 g/mol. The predicted octanol–water partition coefficient (Wildman–Crippen LogP) is 3.75. The maximum Gasteiger partial charge on any atom is -0.00275 e. The molecule has 0 saturated heterocycles. The van der Waals surface area contributed by atoms with Gasteiger partial charge in [0.25, 0.3) is 0 Å². The second-order valence-electron chi connectivity index (χ2n) is 5.03. The van der Waals surface area contributed by atoms with Crippen molar-refractivity contribution in [2.24, 2.45) is 0 Å². The van der Waals surface area contributed by atoms with Crippen LogP contribution in [-0.2, 0) is 6.42 Å². The summed E-state index contributed by atoms with van der Waals surface area (Å²) in [4.78, 5) is 0.